The largest absolute Gasteiger partial charge is 0.460 e. The van der Waals surface area contributed by atoms with Crippen LogP contribution in [0.15, 0.2) is 18.5 Å². The van der Waals surface area contributed by atoms with Gasteiger partial charge in [0.1, 0.15) is 16.1 Å². The zero-order valence-corrected chi connectivity index (χ0v) is 20.6. The minimum atomic E-state index is -0.581. The third-order valence-corrected chi connectivity index (χ3v) is 6.32. The number of likely N-dealkylation sites (tertiary alicyclic amines) is 1. The highest BCUT2D eigenvalue weighted by Crippen LogP contribution is 2.29. The molecule has 4 heterocycles. The van der Waals surface area contributed by atoms with Crippen molar-refractivity contribution in [2.45, 2.75) is 52.7 Å². The average molecular weight is 487 g/mol. The second-order valence-electron chi connectivity index (χ2n) is 9.35. The fourth-order valence-electron chi connectivity index (χ4n) is 3.75. The highest BCUT2D eigenvalue weighted by atomic mass is 32.1. The summed E-state index contributed by atoms with van der Waals surface area (Å²) < 4.78 is 19.7. The Kier molecular flexibility index (Phi) is 6.48. The number of halogens is 1. The van der Waals surface area contributed by atoms with Gasteiger partial charge in [-0.2, -0.15) is 4.98 Å². The van der Waals surface area contributed by atoms with Crippen molar-refractivity contribution in [2.24, 2.45) is 5.92 Å². The number of carbonyl (C=O) groups is 2. The lowest BCUT2D eigenvalue weighted by molar-refractivity contribution is -0.159. The van der Waals surface area contributed by atoms with Crippen LogP contribution in [0.2, 0.25) is 0 Å². The Labute approximate surface area is 200 Å². The molecule has 0 aromatic carbocycles. The molecule has 1 N–H and O–H groups in total. The third-order valence-electron chi connectivity index (χ3n) is 5.35. The van der Waals surface area contributed by atoms with E-state index in [1.807, 2.05) is 34.6 Å². The van der Waals surface area contributed by atoms with Gasteiger partial charge in [0, 0.05) is 19.3 Å². The van der Waals surface area contributed by atoms with E-state index < -0.39 is 11.4 Å². The quantitative estimate of drug-likeness (QED) is 0.541. The van der Waals surface area contributed by atoms with E-state index in [0.29, 0.717) is 28.9 Å². The molecule has 1 aliphatic rings. The predicted octanol–water partition coefficient (Wildman–Crippen LogP) is 3.91. The molecule has 0 saturated carbocycles. The fraction of sp³-hybridized carbons (Fsp3) is 0.478. The lowest BCUT2D eigenvalue weighted by atomic mass is 10.1. The van der Waals surface area contributed by atoms with Crippen LogP contribution >= 0.6 is 11.3 Å². The summed E-state index contributed by atoms with van der Waals surface area (Å²) in [6.07, 6.45) is 3.22. The van der Waals surface area contributed by atoms with E-state index in [1.165, 1.54) is 17.4 Å². The van der Waals surface area contributed by atoms with Crippen LogP contribution in [-0.2, 0) is 9.53 Å². The number of pyridine rings is 1. The Morgan fingerprint density at radius 2 is 2.03 bits per heavy atom. The molecule has 180 valence electrons. The van der Waals surface area contributed by atoms with Crippen LogP contribution in [0.1, 0.15) is 61.2 Å². The minimum Gasteiger partial charge on any atom is -0.460 e. The van der Waals surface area contributed by atoms with E-state index in [4.69, 9.17) is 4.74 Å². The second kappa shape index (κ2) is 9.21. The van der Waals surface area contributed by atoms with Crippen molar-refractivity contribution in [3.05, 3.63) is 40.5 Å². The van der Waals surface area contributed by atoms with Crippen LogP contribution < -0.4 is 5.32 Å². The molecule has 0 bridgehead atoms. The van der Waals surface area contributed by atoms with Gasteiger partial charge >= 0.3 is 5.97 Å². The Hall–Kier alpha value is -3.21. The lowest BCUT2D eigenvalue weighted by Crippen LogP contribution is -2.33. The van der Waals surface area contributed by atoms with Crippen molar-refractivity contribution in [1.29, 1.82) is 0 Å². The average Bonchev–Trinajstić information content (AvgIpc) is 3.38. The van der Waals surface area contributed by atoms with E-state index in [-0.39, 0.29) is 42.0 Å². The molecule has 1 fully saturated rings. The van der Waals surface area contributed by atoms with Gasteiger partial charge in [-0.1, -0.05) is 0 Å². The molecule has 1 amide bonds. The number of aromatic nitrogens is 4. The first kappa shape index (κ1) is 23.9. The summed E-state index contributed by atoms with van der Waals surface area (Å²) in [6, 6.07) is 1.02. The van der Waals surface area contributed by atoms with Crippen LogP contribution in [0.5, 0.6) is 0 Å². The van der Waals surface area contributed by atoms with Gasteiger partial charge in [-0.05, 0) is 52.7 Å². The number of rotatable bonds is 5. The van der Waals surface area contributed by atoms with E-state index in [0.717, 1.165) is 11.2 Å². The number of nitrogens with zero attached hydrogens (tertiary/aromatic N) is 5. The van der Waals surface area contributed by atoms with Crippen LogP contribution in [0.4, 0.5) is 10.3 Å². The second-order valence-corrected chi connectivity index (χ2v) is 10.6. The van der Waals surface area contributed by atoms with Crippen molar-refractivity contribution >= 4 is 39.5 Å². The van der Waals surface area contributed by atoms with Gasteiger partial charge in [-0.25, -0.2) is 14.4 Å². The molecule has 4 rings (SSSR count). The number of ether oxygens (including phenoxy) is 1. The van der Waals surface area contributed by atoms with Gasteiger partial charge in [-0.15, -0.1) is 11.3 Å². The van der Waals surface area contributed by atoms with Crippen molar-refractivity contribution in [1.82, 2.24) is 24.8 Å². The molecule has 34 heavy (non-hydrogen) atoms. The number of thiazole rings is 1. The van der Waals surface area contributed by atoms with E-state index >= 15 is 0 Å². The topological polar surface area (TPSA) is 110 Å². The number of anilines is 1. The first-order valence-corrected chi connectivity index (χ1v) is 11.9. The normalized spacial score (nSPS) is 17.1. The summed E-state index contributed by atoms with van der Waals surface area (Å²) in [6.45, 7) is 9.82. The maximum atomic E-state index is 13.6. The molecular weight excluding hydrogens is 459 g/mol. The molecule has 9 nitrogen and oxygen atoms in total. The van der Waals surface area contributed by atoms with Gasteiger partial charge < -0.3 is 15.0 Å². The molecule has 0 radical (unpaired) electrons. The molecule has 2 atom stereocenters. The number of hydrogen-bond acceptors (Lipinski definition) is 9. The van der Waals surface area contributed by atoms with Crippen molar-refractivity contribution in [3.63, 3.8) is 0 Å². The minimum absolute atomic E-state index is 0.209. The number of esters is 1. The van der Waals surface area contributed by atoms with Crippen LogP contribution in [0.3, 0.4) is 0 Å². The maximum Gasteiger partial charge on any atom is 0.311 e. The van der Waals surface area contributed by atoms with E-state index in [1.54, 1.807) is 11.1 Å². The zero-order chi connectivity index (χ0) is 24.6. The number of nitrogens with one attached hydrogen (secondary N) is 1. The smallest absolute Gasteiger partial charge is 0.311 e. The third kappa shape index (κ3) is 5.30. The van der Waals surface area contributed by atoms with Gasteiger partial charge in [0.25, 0.3) is 5.91 Å². The van der Waals surface area contributed by atoms with Gasteiger partial charge in [-0.3, -0.25) is 14.6 Å². The molecule has 11 heteroatoms. The highest BCUT2D eigenvalue weighted by Gasteiger charge is 2.35. The summed E-state index contributed by atoms with van der Waals surface area (Å²) in [4.78, 5) is 44.8. The standard InChI is InChI=1S/C23H27FN6O3S/c1-12(15-8-16(24)10-25-9-15)26-22-28-17(18-19(29-22)27-13(2)34-18)20(31)30-7-6-14(11-30)21(32)33-23(3,4)5/h8-10,12,14H,6-7,11H2,1-5H3,(H,26,28,29)/t12-,14?/m0/s1. The Morgan fingerprint density at radius 3 is 2.74 bits per heavy atom. The zero-order valence-electron chi connectivity index (χ0n) is 19.8. The molecule has 3 aromatic heterocycles. The predicted molar refractivity (Wildman–Crippen MR) is 126 cm³/mol. The molecule has 0 aliphatic carbocycles. The monoisotopic (exact) mass is 486 g/mol. The van der Waals surface area contributed by atoms with Crippen molar-refractivity contribution < 1.29 is 18.7 Å². The number of hydrogen-bond donors (Lipinski definition) is 1. The van der Waals surface area contributed by atoms with Gasteiger partial charge in [0.2, 0.25) is 5.95 Å². The molecule has 0 spiro atoms. The molecule has 3 aromatic rings. The Morgan fingerprint density at radius 1 is 1.26 bits per heavy atom. The summed E-state index contributed by atoms with van der Waals surface area (Å²) in [5.41, 5.74) is 0.677. The SMILES string of the molecule is Cc1nc2nc(N[C@@H](C)c3cncc(F)c3)nc(C(=O)N3CCC(C(=O)OC(C)(C)C)C3)c2s1. The number of amides is 1. The van der Waals surface area contributed by atoms with Gasteiger partial charge in [0.05, 0.1) is 23.2 Å². The number of aryl methyl sites for hydroxylation is 1. The summed E-state index contributed by atoms with van der Waals surface area (Å²) >= 11 is 1.34. The number of fused-ring (bicyclic) bond motifs is 1. The van der Waals surface area contributed by atoms with Crippen LogP contribution in [0.25, 0.3) is 10.3 Å². The van der Waals surface area contributed by atoms with Crippen molar-refractivity contribution in [3.8, 4) is 0 Å². The van der Waals surface area contributed by atoms with E-state index in [9.17, 15) is 14.0 Å². The first-order chi connectivity index (χ1) is 16.0. The maximum absolute atomic E-state index is 13.6. The molecule has 1 aliphatic heterocycles. The summed E-state index contributed by atoms with van der Waals surface area (Å²) in [5.74, 6) is -1.20. The highest BCUT2D eigenvalue weighted by molar-refractivity contribution is 7.18. The fourth-order valence-corrected chi connectivity index (χ4v) is 4.59. The van der Waals surface area contributed by atoms with Crippen molar-refractivity contribution in [2.75, 3.05) is 18.4 Å². The molecule has 1 unspecified atom stereocenters. The Balaban J connectivity index is 1.58. The lowest BCUT2D eigenvalue weighted by Gasteiger charge is -2.22. The first-order valence-electron chi connectivity index (χ1n) is 11.0. The van der Waals surface area contributed by atoms with Gasteiger partial charge in [0.15, 0.2) is 11.3 Å². The summed E-state index contributed by atoms with van der Waals surface area (Å²) in [5, 5.41) is 3.87. The Bertz CT molecular complexity index is 1240. The van der Waals surface area contributed by atoms with Crippen LogP contribution in [-0.4, -0.2) is 55.4 Å². The number of carbonyl (C=O) groups excluding carboxylic acids is 2. The van der Waals surface area contributed by atoms with E-state index in [2.05, 4.69) is 25.3 Å². The summed E-state index contributed by atoms with van der Waals surface area (Å²) in [7, 11) is 0. The molecular formula is C23H27FN6O3S. The van der Waals surface area contributed by atoms with Crippen LogP contribution in [0, 0.1) is 18.7 Å². The molecule has 1 saturated heterocycles.